The van der Waals surface area contributed by atoms with Crippen LogP contribution in [0.4, 0.5) is 0 Å². The van der Waals surface area contributed by atoms with E-state index in [1.54, 1.807) is 25.4 Å². The average Bonchev–Trinajstić information content (AvgIpc) is 3.36. The molecular weight excluding hydrogens is 436 g/mol. The molecule has 33 heavy (non-hydrogen) atoms. The van der Waals surface area contributed by atoms with E-state index in [0.717, 1.165) is 36.8 Å². The lowest BCUT2D eigenvalue weighted by atomic mass is 9.96. The number of nitrogens with one attached hydrogen (secondary N) is 1. The zero-order chi connectivity index (χ0) is 23.3. The van der Waals surface area contributed by atoms with Gasteiger partial charge in [0.1, 0.15) is 0 Å². The van der Waals surface area contributed by atoms with Crippen molar-refractivity contribution in [3.05, 3.63) is 83.7 Å². The molecule has 0 bridgehead atoms. The van der Waals surface area contributed by atoms with Gasteiger partial charge in [0.25, 0.3) is 5.91 Å². The average molecular weight is 467 g/mol. The smallest absolute Gasteiger partial charge is 0.251 e. The number of rotatable bonds is 8. The molecule has 0 atom stereocenters. The Balaban J connectivity index is 1.33. The van der Waals surface area contributed by atoms with Gasteiger partial charge in [0.05, 0.1) is 11.4 Å². The molecule has 0 aliphatic heterocycles. The Labute approximate surface area is 195 Å². The summed E-state index contributed by atoms with van der Waals surface area (Å²) in [6.45, 7) is 1.09. The highest BCUT2D eigenvalue weighted by Crippen LogP contribution is 2.26. The van der Waals surface area contributed by atoms with Crippen LogP contribution in [0.2, 0.25) is 0 Å². The highest BCUT2D eigenvalue weighted by atomic mass is 32.2. The SMILES string of the molecule is CN(C1CCCCC1)S(=O)(=O)c1ccc(C(=O)NCc2ccc(Cn3cccn3)cc2)cc1. The van der Waals surface area contributed by atoms with Crippen LogP contribution in [0, 0.1) is 0 Å². The van der Waals surface area contributed by atoms with Gasteiger partial charge in [-0.2, -0.15) is 9.40 Å². The van der Waals surface area contributed by atoms with E-state index in [-0.39, 0.29) is 16.8 Å². The lowest BCUT2D eigenvalue weighted by Crippen LogP contribution is -2.38. The predicted molar refractivity (Wildman–Crippen MR) is 127 cm³/mol. The fourth-order valence-corrected chi connectivity index (χ4v) is 5.63. The summed E-state index contributed by atoms with van der Waals surface area (Å²) in [6.07, 6.45) is 8.78. The normalized spacial score (nSPS) is 15.0. The topological polar surface area (TPSA) is 84.3 Å². The maximum Gasteiger partial charge on any atom is 0.251 e. The Morgan fingerprint density at radius 2 is 1.70 bits per heavy atom. The molecule has 0 spiro atoms. The molecule has 4 rings (SSSR count). The van der Waals surface area contributed by atoms with Gasteiger partial charge < -0.3 is 5.32 Å². The van der Waals surface area contributed by atoms with Gasteiger partial charge in [-0.3, -0.25) is 9.48 Å². The summed E-state index contributed by atoms with van der Waals surface area (Å²) in [4.78, 5) is 12.8. The molecular formula is C25H30N4O3S. The van der Waals surface area contributed by atoms with E-state index >= 15 is 0 Å². The Kier molecular flexibility index (Phi) is 7.25. The maximum atomic E-state index is 13.0. The van der Waals surface area contributed by atoms with Crippen LogP contribution in [0.3, 0.4) is 0 Å². The molecule has 7 nitrogen and oxygen atoms in total. The van der Waals surface area contributed by atoms with E-state index in [2.05, 4.69) is 10.4 Å². The van der Waals surface area contributed by atoms with Crippen LogP contribution in [0.1, 0.15) is 53.6 Å². The van der Waals surface area contributed by atoms with Gasteiger partial charge in [0.15, 0.2) is 0 Å². The van der Waals surface area contributed by atoms with Crippen molar-refractivity contribution >= 4 is 15.9 Å². The molecule has 1 aliphatic rings. The van der Waals surface area contributed by atoms with Crippen molar-refractivity contribution in [1.82, 2.24) is 19.4 Å². The molecule has 2 aromatic carbocycles. The number of carbonyl (C=O) groups excluding carboxylic acids is 1. The summed E-state index contributed by atoms with van der Waals surface area (Å²) in [6, 6.07) is 16.1. The molecule has 1 aromatic heterocycles. The number of nitrogens with zero attached hydrogens (tertiary/aromatic N) is 3. The number of hydrogen-bond donors (Lipinski definition) is 1. The molecule has 1 heterocycles. The summed E-state index contributed by atoms with van der Waals surface area (Å²) < 4.78 is 29.3. The third kappa shape index (κ3) is 5.69. The van der Waals surface area contributed by atoms with Gasteiger partial charge in [-0.1, -0.05) is 43.5 Å². The third-order valence-electron chi connectivity index (χ3n) is 6.26. The van der Waals surface area contributed by atoms with E-state index in [1.807, 2.05) is 41.2 Å². The van der Waals surface area contributed by atoms with Crippen LogP contribution in [0.5, 0.6) is 0 Å². The zero-order valence-electron chi connectivity index (χ0n) is 18.9. The number of hydrogen-bond acceptors (Lipinski definition) is 4. The minimum atomic E-state index is -3.56. The monoisotopic (exact) mass is 466 g/mol. The van der Waals surface area contributed by atoms with Crippen molar-refractivity contribution < 1.29 is 13.2 Å². The number of amides is 1. The van der Waals surface area contributed by atoms with E-state index in [4.69, 9.17) is 0 Å². The van der Waals surface area contributed by atoms with Crippen molar-refractivity contribution in [2.45, 2.75) is 56.1 Å². The van der Waals surface area contributed by atoms with Crippen molar-refractivity contribution in [3.8, 4) is 0 Å². The lowest BCUT2D eigenvalue weighted by Gasteiger charge is -2.30. The van der Waals surface area contributed by atoms with Crippen LogP contribution in [0.15, 0.2) is 71.9 Å². The molecule has 1 amide bonds. The molecule has 0 unspecified atom stereocenters. The second-order valence-electron chi connectivity index (χ2n) is 8.54. The van der Waals surface area contributed by atoms with Gasteiger partial charge in [-0.05, 0) is 54.3 Å². The Hall–Kier alpha value is -2.97. The van der Waals surface area contributed by atoms with Crippen molar-refractivity contribution in [2.75, 3.05) is 7.05 Å². The molecule has 0 saturated heterocycles. The predicted octanol–water partition coefficient (Wildman–Crippen LogP) is 3.81. The Bertz CT molecular complexity index is 1150. The van der Waals surface area contributed by atoms with Gasteiger partial charge >= 0.3 is 0 Å². The van der Waals surface area contributed by atoms with Crippen molar-refractivity contribution in [2.24, 2.45) is 0 Å². The summed E-state index contributed by atoms with van der Waals surface area (Å²) in [5.74, 6) is -0.236. The van der Waals surface area contributed by atoms with Crippen molar-refractivity contribution in [1.29, 1.82) is 0 Å². The molecule has 174 valence electrons. The Morgan fingerprint density at radius 1 is 1.03 bits per heavy atom. The molecule has 1 N–H and O–H groups in total. The van der Waals surface area contributed by atoms with E-state index < -0.39 is 10.0 Å². The largest absolute Gasteiger partial charge is 0.348 e. The van der Waals surface area contributed by atoms with Crippen LogP contribution in [-0.4, -0.2) is 41.5 Å². The van der Waals surface area contributed by atoms with Crippen molar-refractivity contribution in [3.63, 3.8) is 0 Å². The maximum absolute atomic E-state index is 13.0. The number of aromatic nitrogens is 2. The number of carbonyl (C=O) groups is 1. The highest BCUT2D eigenvalue weighted by Gasteiger charge is 2.29. The minimum absolute atomic E-state index is 0.0534. The standard InChI is InChI=1S/C25H30N4O3S/c1-28(23-6-3-2-4-7-23)33(31,32)24-14-12-22(13-15-24)25(30)26-18-20-8-10-21(11-9-20)19-29-17-5-16-27-29/h5,8-17,23H,2-4,6-7,18-19H2,1H3,(H,26,30). The molecule has 0 radical (unpaired) electrons. The summed E-state index contributed by atoms with van der Waals surface area (Å²) in [5, 5.41) is 7.10. The van der Waals surface area contributed by atoms with E-state index in [0.29, 0.717) is 18.7 Å². The summed E-state index contributed by atoms with van der Waals surface area (Å²) in [7, 11) is -1.90. The van der Waals surface area contributed by atoms with Crippen LogP contribution < -0.4 is 5.32 Å². The van der Waals surface area contributed by atoms with Crippen LogP contribution >= 0.6 is 0 Å². The van der Waals surface area contributed by atoms with E-state index in [1.165, 1.54) is 22.9 Å². The molecule has 8 heteroatoms. The van der Waals surface area contributed by atoms with Gasteiger partial charge in [-0.15, -0.1) is 0 Å². The molecule has 1 fully saturated rings. The Morgan fingerprint density at radius 3 is 2.33 bits per heavy atom. The lowest BCUT2D eigenvalue weighted by molar-refractivity contribution is 0.0951. The number of benzene rings is 2. The zero-order valence-corrected chi connectivity index (χ0v) is 19.7. The summed E-state index contributed by atoms with van der Waals surface area (Å²) in [5.41, 5.74) is 2.55. The fourth-order valence-electron chi connectivity index (χ4n) is 4.21. The van der Waals surface area contributed by atoms with E-state index in [9.17, 15) is 13.2 Å². The second-order valence-corrected chi connectivity index (χ2v) is 10.5. The summed E-state index contributed by atoms with van der Waals surface area (Å²) >= 11 is 0. The first-order valence-electron chi connectivity index (χ1n) is 11.3. The molecule has 1 saturated carbocycles. The van der Waals surface area contributed by atoms with Gasteiger partial charge in [-0.25, -0.2) is 8.42 Å². The highest BCUT2D eigenvalue weighted by molar-refractivity contribution is 7.89. The minimum Gasteiger partial charge on any atom is -0.348 e. The quantitative estimate of drug-likeness (QED) is 0.547. The first-order chi connectivity index (χ1) is 15.9. The molecule has 3 aromatic rings. The first-order valence-corrected chi connectivity index (χ1v) is 12.8. The van der Waals surface area contributed by atoms with Gasteiger partial charge in [0.2, 0.25) is 10.0 Å². The third-order valence-corrected chi connectivity index (χ3v) is 8.19. The number of sulfonamides is 1. The second kappa shape index (κ2) is 10.3. The van der Waals surface area contributed by atoms with Crippen LogP contribution in [0.25, 0.3) is 0 Å². The van der Waals surface area contributed by atoms with Gasteiger partial charge in [0, 0.05) is 37.6 Å². The fraction of sp³-hybridized carbons (Fsp3) is 0.360. The molecule has 1 aliphatic carbocycles. The first kappa shape index (κ1) is 23.2. The van der Waals surface area contributed by atoms with Crippen LogP contribution in [-0.2, 0) is 23.1 Å².